The van der Waals surface area contributed by atoms with Crippen molar-refractivity contribution in [1.29, 1.82) is 0 Å². The van der Waals surface area contributed by atoms with E-state index in [1.165, 1.54) is 21.8 Å². The largest absolute Gasteiger partial charge is 0.456 e. The number of aryl methyl sites for hydroxylation is 1. The summed E-state index contributed by atoms with van der Waals surface area (Å²) in [5.74, 6) is -0.459. The smallest absolute Gasteiger partial charge is 0.340 e. The lowest BCUT2D eigenvalue weighted by Crippen LogP contribution is -2.16. The minimum atomic E-state index is -0.459. The van der Waals surface area contributed by atoms with E-state index in [0.29, 0.717) is 21.9 Å². The van der Waals surface area contributed by atoms with Crippen LogP contribution in [0.5, 0.6) is 0 Å². The van der Waals surface area contributed by atoms with Crippen LogP contribution in [0.2, 0.25) is 0 Å². The van der Waals surface area contributed by atoms with Gasteiger partial charge in [0.2, 0.25) is 0 Å². The van der Waals surface area contributed by atoms with Gasteiger partial charge >= 0.3 is 5.97 Å². The Hall–Kier alpha value is -2.67. The molecule has 0 amide bonds. The molecule has 0 unspecified atom stereocenters. The molecule has 2 aromatic heterocycles. The number of carbonyl (C=O) groups excluding carboxylic acids is 1. The van der Waals surface area contributed by atoms with E-state index in [2.05, 4.69) is 10.3 Å². The zero-order valence-corrected chi connectivity index (χ0v) is 13.5. The first kappa shape index (κ1) is 15.2. The summed E-state index contributed by atoms with van der Waals surface area (Å²) in [4.78, 5) is 29.2. The predicted octanol–water partition coefficient (Wildman–Crippen LogP) is 2.46. The van der Waals surface area contributed by atoms with E-state index in [0.717, 1.165) is 5.69 Å². The number of para-hydroxylation sites is 1. The second-order valence-electron chi connectivity index (χ2n) is 4.95. The Morgan fingerprint density at radius 2 is 2.17 bits per heavy atom. The molecule has 1 N–H and O–H groups in total. The van der Waals surface area contributed by atoms with Crippen LogP contribution in [0.15, 0.2) is 40.5 Å². The first-order valence-electron chi connectivity index (χ1n) is 7.01. The Morgan fingerprint density at radius 3 is 2.96 bits per heavy atom. The standard InChI is InChI=1S/C16H15N3O3S/c1-10-9-23-16-18-11(7-14(20)19(10)16)8-22-15(21)12-5-3-4-6-13(12)17-2/h3-7,9,17H,8H2,1-2H3. The molecule has 0 aliphatic rings. The SMILES string of the molecule is CNc1ccccc1C(=O)OCc1cc(=O)n2c(C)csc2n1. The third-order valence-electron chi connectivity index (χ3n) is 3.40. The van der Waals surface area contributed by atoms with Crippen molar-refractivity contribution in [2.24, 2.45) is 0 Å². The van der Waals surface area contributed by atoms with E-state index in [1.54, 1.807) is 25.2 Å². The average Bonchev–Trinajstić information content (AvgIpc) is 2.94. The van der Waals surface area contributed by atoms with Gasteiger partial charge in [0.1, 0.15) is 6.61 Å². The Labute approximate surface area is 136 Å². The van der Waals surface area contributed by atoms with Gasteiger partial charge in [-0.15, -0.1) is 11.3 Å². The van der Waals surface area contributed by atoms with Gasteiger partial charge in [0.25, 0.3) is 5.56 Å². The number of ether oxygens (including phenoxy) is 1. The zero-order chi connectivity index (χ0) is 16.4. The third-order valence-corrected chi connectivity index (χ3v) is 4.34. The molecule has 3 aromatic rings. The first-order valence-corrected chi connectivity index (χ1v) is 7.89. The monoisotopic (exact) mass is 329 g/mol. The Kier molecular flexibility index (Phi) is 4.12. The van der Waals surface area contributed by atoms with Gasteiger partial charge in [-0.3, -0.25) is 9.20 Å². The molecule has 3 rings (SSSR count). The van der Waals surface area contributed by atoms with E-state index in [9.17, 15) is 9.59 Å². The van der Waals surface area contributed by atoms with Crippen molar-refractivity contribution in [3.63, 3.8) is 0 Å². The molecule has 1 aromatic carbocycles. The number of rotatable bonds is 4. The highest BCUT2D eigenvalue weighted by Gasteiger charge is 2.13. The topological polar surface area (TPSA) is 72.7 Å². The number of thiazole rings is 1. The molecule has 0 spiro atoms. The Balaban J connectivity index is 1.80. The van der Waals surface area contributed by atoms with Crippen LogP contribution in [-0.4, -0.2) is 22.4 Å². The van der Waals surface area contributed by atoms with Crippen molar-refractivity contribution in [1.82, 2.24) is 9.38 Å². The molecule has 0 atom stereocenters. The zero-order valence-electron chi connectivity index (χ0n) is 12.7. The average molecular weight is 329 g/mol. The molecule has 118 valence electrons. The summed E-state index contributed by atoms with van der Waals surface area (Å²) in [6.45, 7) is 1.81. The summed E-state index contributed by atoms with van der Waals surface area (Å²) in [7, 11) is 1.74. The summed E-state index contributed by atoms with van der Waals surface area (Å²) in [6.07, 6.45) is 0. The van der Waals surface area contributed by atoms with E-state index in [4.69, 9.17) is 4.74 Å². The van der Waals surface area contributed by atoms with Crippen LogP contribution in [0.1, 0.15) is 21.7 Å². The fraction of sp³-hybridized carbons (Fsp3) is 0.188. The van der Waals surface area contributed by atoms with Crippen LogP contribution in [0.25, 0.3) is 4.96 Å². The van der Waals surface area contributed by atoms with Crippen LogP contribution in [0.3, 0.4) is 0 Å². The fourth-order valence-electron chi connectivity index (χ4n) is 2.27. The number of anilines is 1. The van der Waals surface area contributed by atoms with Gasteiger partial charge in [-0.2, -0.15) is 0 Å². The highest BCUT2D eigenvalue weighted by atomic mass is 32.1. The molecule has 23 heavy (non-hydrogen) atoms. The van der Waals surface area contributed by atoms with E-state index < -0.39 is 5.97 Å². The number of hydrogen-bond donors (Lipinski definition) is 1. The Morgan fingerprint density at radius 1 is 1.39 bits per heavy atom. The van der Waals surface area contributed by atoms with Crippen molar-refractivity contribution >= 4 is 28.0 Å². The second-order valence-corrected chi connectivity index (χ2v) is 5.79. The molecule has 6 nitrogen and oxygen atoms in total. The van der Waals surface area contributed by atoms with Gasteiger partial charge in [-0.25, -0.2) is 9.78 Å². The van der Waals surface area contributed by atoms with Gasteiger partial charge in [-0.05, 0) is 19.1 Å². The minimum absolute atomic E-state index is 0.0421. The number of aromatic nitrogens is 2. The molecule has 0 aliphatic heterocycles. The number of hydrogen-bond acceptors (Lipinski definition) is 6. The van der Waals surface area contributed by atoms with Crippen LogP contribution >= 0.6 is 11.3 Å². The molecule has 0 fully saturated rings. The molecule has 0 saturated heterocycles. The molecule has 7 heteroatoms. The highest BCUT2D eigenvalue weighted by Crippen LogP contribution is 2.16. The molecular formula is C16H15N3O3S. The minimum Gasteiger partial charge on any atom is -0.456 e. The van der Waals surface area contributed by atoms with Gasteiger partial charge in [0.15, 0.2) is 4.96 Å². The van der Waals surface area contributed by atoms with Crippen LogP contribution in [0.4, 0.5) is 5.69 Å². The van der Waals surface area contributed by atoms with Crippen molar-refractivity contribution in [2.45, 2.75) is 13.5 Å². The summed E-state index contributed by atoms with van der Waals surface area (Å²) in [6, 6.07) is 8.47. The van der Waals surface area contributed by atoms with Crippen LogP contribution in [-0.2, 0) is 11.3 Å². The number of nitrogens with one attached hydrogen (secondary N) is 1. The van der Waals surface area contributed by atoms with E-state index >= 15 is 0 Å². The van der Waals surface area contributed by atoms with Crippen LogP contribution < -0.4 is 10.9 Å². The van der Waals surface area contributed by atoms with Gasteiger partial charge < -0.3 is 10.1 Å². The quantitative estimate of drug-likeness (QED) is 0.745. The maximum atomic E-state index is 12.2. The summed E-state index contributed by atoms with van der Waals surface area (Å²) in [5, 5.41) is 4.81. The fourth-order valence-corrected chi connectivity index (χ4v) is 3.16. The Bertz CT molecular complexity index is 930. The summed E-state index contributed by atoms with van der Waals surface area (Å²) in [5.41, 5.74) is 2.24. The molecule has 0 aliphatic carbocycles. The number of nitrogens with zero attached hydrogens (tertiary/aromatic N) is 2. The van der Waals surface area contributed by atoms with Crippen molar-refractivity contribution in [3.05, 3.63) is 63.0 Å². The van der Waals surface area contributed by atoms with E-state index in [1.807, 2.05) is 18.4 Å². The summed E-state index contributed by atoms with van der Waals surface area (Å²) < 4.78 is 6.82. The lowest BCUT2D eigenvalue weighted by molar-refractivity contribution is 0.0469. The maximum Gasteiger partial charge on any atom is 0.340 e. The molecule has 0 radical (unpaired) electrons. The van der Waals surface area contributed by atoms with Gasteiger partial charge in [0, 0.05) is 29.9 Å². The van der Waals surface area contributed by atoms with Crippen molar-refractivity contribution in [3.8, 4) is 0 Å². The van der Waals surface area contributed by atoms with Crippen molar-refractivity contribution < 1.29 is 9.53 Å². The maximum absolute atomic E-state index is 12.2. The lowest BCUT2D eigenvalue weighted by atomic mass is 10.2. The highest BCUT2D eigenvalue weighted by molar-refractivity contribution is 7.15. The summed E-state index contributed by atoms with van der Waals surface area (Å²) >= 11 is 1.38. The third kappa shape index (κ3) is 2.95. The van der Waals surface area contributed by atoms with Gasteiger partial charge in [0.05, 0.1) is 11.3 Å². The normalized spacial score (nSPS) is 10.7. The van der Waals surface area contributed by atoms with Gasteiger partial charge in [-0.1, -0.05) is 12.1 Å². The number of benzene rings is 1. The molecule has 0 saturated carbocycles. The molecular weight excluding hydrogens is 314 g/mol. The predicted molar refractivity (Wildman–Crippen MR) is 89.2 cm³/mol. The van der Waals surface area contributed by atoms with Crippen LogP contribution in [0, 0.1) is 6.92 Å². The van der Waals surface area contributed by atoms with E-state index in [-0.39, 0.29) is 12.2 Å². The van der Waals surface area contributed by atoms with Crippen molar-refractivity contribution in [2.75, 3.05) is 12.4 Å². The first-order chi connectivity index (χ1) is 11.1. The number of fused-ring (bicyclic) bond motifs is 1. The number of esters is 1. The number of carbonyl (C=O) groups is 1. The molecule has 2 heterocycles. The second kappa shape index (κ2) is 6.21. The lowest BCUT2D eigenvalue weighted by Gasteiger charge is -2.08. The molecule has 0 bridgehead atoms.